The molecule has 168 valence electrons. The van der Waals surface area contributed by atoms with Crippen LogP contribution < -0.4 is 10.1 Å². The van der Waals surface area contributed by atoms with Crippen LogP contribution in [0.1, 0.15) is 50.0 Å². The van der Waals surface area contributed by atoms with Crippen LogP contribution in [-0.4, -0.2) is 51.7 Å². The van der Waals surface area contributed by atoms with Crippen LogP contribution in [0.3, 0.4) is 0 Å². The number of aromatic nitrogens is 3. The van der Waals surface area contributed by atoms with E-state index in [0.29, 0.717) is 42.9 Å². The largest absolute Gasteiger partial charge is 0.496 e. The van der Waals surface area contributed by atoms with Crippen LogP contribution in [-0.2, 0) is 23.1 Å². The Morgan fingerprint density at radius 1 is 1.39 bits per heavy atom. The molecule has 2 unspecified atom stereocenters. The van der Waals surface area contributed by atoms with Gasteiger partial charge in [0, 0.05) is 38.5 Å². The molecule has 9 heteroatoms. The predicted octanol–water partition coefficient (Wildman–Crippen LogP) is 2.92. The summed E-state index contributed by atoms with van der Waals surface area (Å²) >= 11 is 5.14. The van der Waals surface area contributed by atoms with Crippen molar-refractivity contribution in [3.05, 3.63) is 40.4 Å². The number of carbonyl (C=O) groups excluding carboxylic acids is 2. The number of amides is 2. The van der Waals surface area contributed by atoms with E-state index in [4.69, 9.17) is 17.0 Å². The minimum Gasteiger partial charge on any atom is -0.496 e. The van der Waals surface area contributed by atoms with E-state index in [1.165, 1.54) is 0 Å². The van der Waals surface area contributed by atoms with Crippen molar-refractivity contribution in [1.29, 1.82) is 0 Å². The molecule has 2 heterocycles. The van der Waals surface area contributed by atoms with Gasteiger partial charge < -0.3 is 19.5 Å². The molecule has 1 aromatic heterocycles. The summed E-state index contributed by atoms with van der Waals surface area (Å²) in [7, 11) is 3.46. The summed E-state index contributed by atoms with van der Waals surface area (Å²) in [5.41, 5.74) is 0.878. The molecule has 1 aromatic carbocycles. The molecule has 0 bridgehead atoms. The molecular weight excluding hydrogens is 414 g/mol. The van der Waals surface area contributed by atoms with Gasteiger partial charge in [-0.1, -0.05) is 31.5 Å². The van der Waals surface area contributed by atoms with Crippen molar-refractivity contribution < 1.29 is 14.3 Å². The number of unbranched alkanes of at least 4 members (excludes halogenated alkanes) is 1. The summed E-state index contributed by atoms with van der Waals surface area (Å²) in [5, 5.41) is 9.99. The van der Waals surface area contributed by atoms with Gasteiger partial charge in [0.05, 0.1) is 19.1 Å². The van der Waals surface area contributed by atoms with Crippen LogP contribution in [0.15, 0.2) is 24.3 Å². The number of methoxy groups -OCH3 is 1. The molecule has 2 atom stereocenters. The summed E-state index contributed by atoms with van der Waals surface area (Å²) in [5.74, 6) is 1.18. The quantitative estimate of drug-likeness (QED) is 0.579. The van der Waals surface area contributed by atoms with Gasteiger partial charge in [-0.05, 0) is 31.1 Å². The molecule has 0 spiro atoms. The lowest BCUT2D eigenvalue weighted by molar-refractivity contribution is -0.143. The van der Waals surface area contributed by atoms with E-state index in [-0.39, 0.29) is 23.8 Å². The van der Waals surface area contributed by atoms with Gasteiger partial charge in [-0.3, -0.25) is 14.7 Å². The zero-order chi connectivity index (χ0) is 22.4. The van der Waals surface area contributed by atoms with Crippen LogP contribution in [0.2, 0.25) is 0 Å². The molecule has 3 rings (SSSR count). The van der Waals surface area contributed by atoms with Gasteiger partial charge >= 0.3 is 0 Å². The molecule has 1 aliphatic rings. The molecular formula is C22H31N5O3S. The average molecular weight is 446 g/mol. The first-order valence-corrected chi connectivity index (χ1v) is 11.2. The number of ether oxygens (including phenoxy) is 1. The molecule has 1 fully saturated rings. The normalized spacial score (nSPS) is 18.8. The number of para-hydroxylation sites is 1. The van der Waals surface area contributed by atoms with Crippen LogP contribution in [0.4, 0.5) is 0 Å². The lowest BCUT2D eigenvalue weighted by Gasteiger charge is -2.41. The number of nitrogens with one attached hydrogen (secondary N) is 2. The van der Waals surface area contributed by atoms with Gasteiger partial charge in [0.15, 0.2) is 4.77 Å². The minimum atomic E-state index is -0.343. The Hall–Kier alpha value is -2.68. The molecule has 31 heavy (non-hydrogen) atoms. The molecule has 8 nitrogen and oxygen atoms in total. The van der Waals surface area contributed by atoms with E-state index in [1.54, 1.807) is 11.7 Å². The van der Waals surface area contributed by atoms with Gasteiger partial charge in [0.2, 0.25) is 11.8 Å². The third-order valence-electron chi connectivity index (χ3n) is 5.87. The number of nitrogens with zero attached hydrogens (tertiary/aromatic N) is 3. The Morgan fingerprint density at radius 2 is 2.16 bits per heavy atom. The fraction of sp³-hybridized carbons (Fsp3) is 0.545. The van der Waals surface area contributed by atoms with Crippen molar-refractivity contribution in [1.82, 2.24) is 25.0 Å². The molecule has 1 saturated heterocycles. The number of H-pyrrole nitrogens is 1. The Morgan fingerprint density at radius 3 is 2.84 bits per heavy atom. The summed E-state index contributed by atoms with van der Waals surface area (Å²) in [4.78, 5) is 27.9. The molecule has 1 aliphatic heterocycles. The van der Waals surface area contributed by atoms with E-state index in [1.807, 2.05) is 36.2 Å². The smallest absolute Gasteiger partial charge is 0.225 e. The number of piperidine rings is 1. The average Bonchev–Trinajstić information content (AvgIpc) is 3.10. The fourth-order valence-corrected chi connectivity index (χ4v) is 4.30. The fourth-order valence-electron chi connectivity index (χ4n) is 4.15. The van der Waals surface area contributed by atoms with Crippen molar-refractivity contribution in [2.75, 3.05) is 20.2 Å². The lowest BCUT2D eigenvalue weighted by atomic mass is 9.83. The third-order valence-corrected chi connectivity index (χ3v) is 6.24. The van der Waals surface area contributed by atoms with Crippen LogP contribution in [0, 0.1) is 10.7 Å². The van der Waals surface area contributed by atoms with E-state index in [9.17, 15) is 9.59 Å². The number of likely N-dealkylation sites (tertiary alicyclic amines) is 1. The van der Waals surface area contributed by atoms with E-state index >= 15 is 0 Å². The van der Waals surface area contributed by atoms with E-state index < -0.39 is 0 Å². The van der Waals surface area contributed by atoms with Crippen LogP contribution in [0.5, 0.6) is 5.75 Å². The predicted molar refractivity (Wildman–Crippen MR) is 120 cm³/mol. The maximum atomic E-state index is 13.2. The van der Waals surface area contributed by atoms with Gasteiger partial charge in [-0.15, -0.1) is 0 Å². The van der Waals surface area contributed by atoms with Gasteiger partial charge in [-0.25, -0.2) is 0 Å². The summed E-state index contributed by atoms with van der Waals surface area (Å²) in [6, 6.07) is 7.31. The zero-order valence-electron chi connectivity index (χ0n) is 18.4. The Kier molecular flexibility index (Phi) is 7.84. The minimum absolute atomic E-state index is 0.0540. The van der Waals surface area contributed by atoms with Gasteiger partial charge in [-0.2, -0.15) is 5.10 Å². The Balaban J connectivity index is 1.81. The highest BCUT2D eigenvalue weighted by Gasteiger charge is 2.41. The Bertz CT molecular complexity index is 970. The number of carbonyl (C=O) groups is 2. The van der Waals surface area contributed by atoms with Crippen molar-refractivity contribution >= 4 is 24.0 Å². The highest BCUT2D eigenvalue weighted by molar-refractivity contribution is 7.71. The lowest BCUT2D eigenvalue weighted by Crippen LogP contribution is -2.48. The highest BCUT2D eigenvalue weighted by Crippen LogP contribution is 2.40. The maximum absolute atomic E-state index is 13.2. The molecule has 2 N–H and O–H groups in total. The van der Waals surface area contributed by atoms with Crippen molar-refractivity contribution in [2.24, 2.45) is 13.0 Å². The number of aromatic amines is 1. The monoisotopic (exact) mass is 445 g/mol. The SMILES string of the molecule is CCCCN1C(=O)CCC(C(=O)NCCc2n[nH]c(=S)n2C)C1c1ccccc1OC. The second-order valence-corrected chi connectivity index (χ2v) is 8.20. The first kappa shape index (κ1) is 23.0. The third kappa shape index (κ3) is 5.15. The molecule has 0 saturated carbocycles. The molecule has 0 aliphatic carbocycles. The zero-order valence-corrected chi connectivity index (χ0v) is 19.2. The summed E-state index contributed by atoms with van der Waals surface area (Å²) < 4.78 is 7.92. The number of hydrogen-bond donors (Lipinski definition) is 2. The summed E-state index contributed by atoms with van der Waals surface area (Å²) in [6.07, 6.45) is 3.33. The van der Waals surface area contributed by atoms with E-state index in [0.717, 1.165) is 24.2 Å². The van der Waals surface area contributed by atoms with Crippen LogP contribution >= 0.6 is 12.2 Å². The van der Waals surface area contributed by atoms with Crippen molar-refractivity contribution in [3.63, 3.8) is 0 Å². The standard InChI is InChI=1S/C22H31N5O3S/c1-4-5-14-27-19(28)11-10-16(20(27)15-8-6-7-9-17(15)30-3)21(29)23-13-12-18-24-25-22(31)26(18)2/h6-9,16,20H,4-5,10-14H2,1-3H3,(H,23,29)(H,25,31). The van der Waals surface area contributed by atoms with Crippen molar-refractivity contribution in [2.45, 2.75) is 45.1 Å². The van der Waals surface area contributed by atoms with Crippen molar-refractivity contribution in [3.8, 4) is 5.75 Å². The number of hydrogen-bond acceptors (Lipinski definition) is 5. The Labute approximate surface area is 188 Å². The van der Waals surface area contributed by atoms with Gasteiger partial charge in [0.25, 0.3) is 0 Å². The summed E-state index contributed by atoms with van der Waals surface area (Å²) in [6.45, 7) is 3.18. The maximum Gasteiger partial charge on any atom is 0.225 e. The highest BCUT2D eigenvalue weighted by atomic mass is 32.1. The second kappa shape index (κ2) is 10.6. The second-order valence-electron chi connectivity index (χ2n) is 7.82. The van der Waals surface area contributed by atoms with E-state index in [2.05, 4.69) is 22.4 Å². The van der Waals surface area contributed by atoms with Gasteiger partial charge in [0.1, 0.15) is 11.6 Å². The van der Waals surface area contributed by atoms with Crippen LogP contribution in [0.25, 0.3) is 0 Å². The molecule has 2 amide bonds. The number of benzene rings is 1. The first-order valence-electron chi connectivity index (χ1n) is 10.8. The first-order chi connectivity index (χ1) is 15.0. The topological polar surface area (TPSA) is 92.3 Å². The molecule has 2 aromatic rings. The number of rotatable bonds is 9. The molecule has 0 radical (unpaired) electrons.